The summed E-state index contributed by atoms with van der Waals surface area (Å²) in [6, 6.07) is 8.18. The second kappa shape index (κ2) is 5.96. The molecule has 1 aromatic carbocycles. The van der Waals surface area contributed by atoms with Gasteiger partial charge in [-0.15, -0.1) is 0 Å². The summed E-state index contributed by atoms with van der Waals surface area (Å²) in [5.41, 5.74) is 1.48. The molecule has 2 rings (SSSR count). The van der Waals surface area contributed by atoms with Crippen molar-refractivity contribution in [3.8, 4) is 5.75 Å². The van der Waals surface area contributed by atoms with Crippen LogP contribution in [0, 0.1) is 0 Å². The number of carbonyl (C=O) groups is 1. The third kappa shape index (κ3) is 3.04. The molecule has 3 nitrogen and oxygen atoms in total. The van der Waals surface area contributed by atoms with Crippen LogP contribution >= 0.6 is 0 Å². The van der Waals surface area contributed by atoms with E-state index >= 15 is 0 Å². The molecule has 3 heteroatoms. The monoisotopic (exact) mass is 276 g/mol. The molecule has 2 unspecified atom stereocenters. The second-order valence-electron chi connectivity index (χ2n) is 5.96. The van der Waals surface area contributed by atoms with Crippen LogP contribution in [0.25, 0.3) is 0 Å². The van der Waals surface area contributed by atoms with Gasteiger partial charge >= 0.3 is 0 Å². The van der Waals surface area contributed by atoms with Crippen molar-refractivity contribution in [1.82, 2.24) is 0 Å². The first-order valence-corrected chi connectivity index (χ1v) is 7.39. The molecular weight excluding hydrogens is 252 g/mol. The smallest absolute Gasteiger partial charge is 0.169 e. The molecule has 0 aliphatic heterocycles. The first-order valence-electron chi connectivity index (χ1n) is 7.39. The summed E-state index contributed by atoms with van der Waals surface area (Å²) in [6.45, 7) is 9.10. The van der Waals surface area contributed by atoms with E-state index in [4.69, 9.17) is 9.47 Å². The van der Waals surface area contributed by atoms with Gasteiger partial charge in [-0.3, -0.25) is 4.79 Å². The van der Waals surface area contributed by atoms with E-state index in [0.717, 1.165) is 12.2 Å². The molecule has 1 aliphatic rings. The molecule has 1 aliphatic carbocycles. The first-order chi connectivity index (χ1) is 9.47. The molecule has 1 saturated carbocycles. The molecule has 0 amide bonds. The standard InChI is InChI=1S/C17H24O3/c1-5-17(3,4)12-7-9-13(10-8-12)20-15-11-14(18)16(15)19-6-2/h7-10,15-16H,5-6,11H2,1-4H3. The Hall–Kier alpha value is -1.35. The highest BCUT2D eigenvalue weighted by molar-refractivity contribution is 5.90. The quantitative estimate of drug-likeness (QED) is 0.797. The number of benzene rings is 1. The molecule has 1 aromatic rings. The lowest BCUT2D eigenvalue weighted by molar-refractivity contribution is -0.154. The van der Waals surface area contributed by atoms with Gasteiger partial charge in [0.1, 0.15) is 11.9 Å². The van der Waals surface area contributed by atoms with Crippen molar-refractivity contribution in [1.29, 1.82) is 0 Å². The van der Waals surface area contributed by atoms with E-state index in [9.17, 15) is 4.79 Å². The van der Waals surface area contributed by atoms with Crippen LogP contribution in [-0.4, -0.2) is 24.6 Å². The molecule has 0 saturated heterocycles. The van der Waals surface area contributed by atoms with Crippen LogP contribution < -0.4 is 4.74 Å². The Labute approximate surface area is 121 Å². The fraction of sp³-hybridized carbons (Fsp3) is 0.588. The minimum atomic E-state index is -0.383. The number of carbonyl (C=O) groups excluding carboxylic acids is 1. The predicted molar refractivity (Wildman–Crippen MR) is 79.2 cm³/mol. The number of hydrogen-bond acceptors (Lipinski definition) is 3. The van der Waals surface area contributed by atoms with Gasteiger partial charge in [-0.25, -0.2) is 0 Å². The molecule has 0 heterocycles. The molecule has 20 heavy (non-hydrogen) atoms. The first kappa shape index (κ1) is 15.0. The van der Waals surface area contributed by atoms with Gasteiger partial charge in [-0.1, -0.05) is 32.9 Å². The summed E-state index contributed by atoms with van der Waals surface area (Å²) in [7, 11) is 0. The molecule has 110 valence electrons. The van der Waals surface area contributed by atoms with Gasteiger partial charge in [0.05, 0.1) is 0 Å². The molecule has 0 spiro atoms. The zero-order chi connectivity index (χ0) is 14.8. The highest BCUT2D eigenvalue weighted by atomic mass is 16.5. The summed E-state index contributed by atoms with van der Waals surface area (Å²) in [5, 5.41) is 0. The van der Waals surface area contributed by atoms with E-state index in [-0.39, 0.29) is 23.4 Å². The van der Waals surface area contributed by atoms with Crippen LogP contribution in [-0.2, 0) is 14.9 Å². The highest BCUT2D eigenvalue weighted by Crippen LogP contribution is 2.30. The van der Waals surface area contributed by atoms with Crippen molar-refractivity contribution < 1.29 is 14.3 Å². The van der Waals surface area contributed by atoms with Crippen LogP contribution in [0.4, 0.5) is 0 Å². The van der Waals surface area contributed by atoms with Crippen molar-refractivity contribution in [2.45, 2.75) is 58.2 Å². The summed E-state index contributed by atoms with van der Waals surface area (Å²) < 4.78 is 11.2. The Balaban J connectivity index is 1.99. The molecule has 1 fully saturated rings. The topological polar surface area (TPSA) is 35.5 Å². The van der Waals surface area contributed by atoms with Gasteiger partial charge in [0.25, 0.3) is 0 Å². The number of ketones is 1. The molecule has 2 atom stereocenters. The molecular formula is C17H24O3. The number of ether oxygens (including phenoxy) is 2. The Morgan fingerprint density at radius 2 is 1.85 bits per heavy atom. The molecule has 0 aromatic heterocycles. The predicted octanol–water partition coefficient (Wildman–Crippen LogP) is 3.50. The number of rotatable bonds is 6. The maximum absolute atomic E-state index is 11.4. The largest absolute Gasteiger partial charge is 0.487 e. The fourth-order valence-corrected chi connectivity index (χ4v) is 2.32. The van der Waals surface area contributed by atoms with E-state index in [1.165, 1.54) is 5.56 Å². The molecule has 0 N–H and O–H groups in total. The Morgan fingerprint density at radius 3 is 2.35 bits per heavy atom. The van der Waals surface area contributed by atoms with E-state index in [1.54, 1.807) is 0 Å². The van der Waals surface area contributed by atoms with Gasteiger partial charge in [0.15, 0.2) is 11.9 Å². The lowest BCUT2D eigenvalue weighted by Gasteiger charge is -2.34. The normalized spacial score (nSPS) is 22.5. The average Bonchev–Trinajstić information content (AvgIpc) is 2.45. The van der Waals surface area contributed by atoms with Gasteiger partial charge < -0.3 is 9.47 Å². The van der Waals surface area contributed by atoms with Gasteiger partial charge in [-0.05, 0) is 36.5 Å². The van der Waals surface area contributed by atoms with Crippen molar-refractivity contribution >= 4 is 5.78 Å². The summed E-state index contributed by atoms with van der Waals surface area (Å²) in [4.78, 5) is 11.4. The van der Waals surface area contributed by atoms with Crippen molar-refractivity contribution in [3.63, 3.8) is 0 Å². The van der Waals surface area contributed by atoms with Crippen LogP contribution in [0.3, 0.4) is 0 Å². The minimum absolute atomic E-state index is 0.132. The van der Waals surface area contributed by atoms with Crippen molar-refractivity contribution in [2.75, 3.05) is 6.61 Å². The lowest BCUT2D eigenvalue weighted by Crippen LogP contribution is -2.52. The summed E-state index contributed by atoms with van der Waals surface area (Å²) in [6.07, 6.45) is 1.03. The SMILES string of the molecule is CCOC1C(=O)CC1Oc1ccc(C(C)(C)CC)cc1. The zero-order valence-corrected chi connectivity index (χ0v) is 12.8. The fourth-order valence-electron chi connectivity index (χ4n) is 2.32. The zero-order valence-electron chi connectivity index (χ0n) is 12.8. The van der Waals surface area contributed by atoms with Gasteiger partial charge in [-0.2, -0.15) is 0 Å². The Morgan fingerprint density at radius 1 is 1.20 bits per heavy atom. The average molecular weight is 276 g/mol. The lowest BCUT2D eigenvalue weighted by atomic mass is 9.82. The van der Waals surface area contributed by atoms with Gasteiger partial charge in [0.2, 0.25) is 0 Å². The van der Waals surface area contributed by atoms with Crippen LogP contribution in [0.2, 0.25) is 0 Å². The third-order valence-electron chi connectivity index (χ3n) is 4.21. The molecule has 0 bridgehead atoms. The number of hydrogen-bond donors (Lipinski definition) is 0. The van der Waals surface area contributed by atoms with Gasteiger partial charge in [0, 0.05) is 13.0 Å². The van der Waals surface area contributed by atoms with E-state index < -0.39 is 0 Å². The third-order valence-corrected chi connectivity index (χ3v) is 4.21. The maximum Gasteiger partial charge on any atom is 0.169 e. The molecule has 0 radical (unpaired) electrons. The Bertz CT molecular complexity index is 462. The number of Topliss-reactive ketones (excluding diaryl/α,β-unsaturated/α-hetero) is 1. The summed E-state index contributed by atoms with van der Waals surface area (Å²) >= 11 is 0. The van der Waals surface area contributed by atoms with E-state index in [2.05, 4.69) is 32.9 Å². The second-order valence-corrected chi connectivity index (χ2v) is 5.96. The highest BCUT2D eigenvalue weighted by Gasteiger charge is 2.42. The summed E-state index contributed by atoms with van der Waals surface area (Å²) in [5.74, 6) is 0.948. The minimum Gasteiger partial charge on any atom is -0.487 e. The van der Waals surface area contributed by atoms with Crippen LogP contribution in [0.5, 0.6) is 5.75 Å². The van der Waals surface area contributed by atoms with Crippen LogP contribution in [0.15, 0.2) is 24.3 Å². The Kier molecular flexibility index (Phi) is 4.48. The van der Waals surface area contributed by atoms with E-state index in [1.807, 2.05) is 19.1 Å². The van der Waals surface area contributed by atoms with Crippen molar-refractivity contribution in [3.05, 3.63) is 29.8 Å². The van der Waals surface area contributed by atoms with Crippen LogP contribution in [0.1, 0.15) is 46.1 Å². The van der Waals surface area contributed by atoms with Crippen molar-refractivity contribution in [2.24, 2.45) is 0 Å². The maximum atomic E-state index is 11.4. The van der Waals surface area contributed by atoms with E-state index in [0.29, 0.717) is 13.0 Å².